The number of rotatable bonds is 9. The first-order chi connectivity index (χ1) is 7.84. The van der Waals surface area contributed by atoms with Crippen molar-refractivity contribution in [2.24, 2.45) is 0 Å². The van der Waals surface area contributed by atoms with Crippen LogP contribution in [0.3, 0.4) is 0 Å². The van der Waals surface area contributed by atoms with Crippen molar-refractivity contribution in [1.82, 2.24) is 5.73 Å². The van der Waals surface area contributed by atoms with Gasteiger partial charge in [-0.2, -0.15) is 0 Å². The normalized spacial score (nSPS) is 10.8. The van der Waals surface area contributed by atoms with E-state index in [1.807, 2.05) is 11.4 Å². The molecule has 0 saturated heterocycles. The van der Waals surface area contributed by atoms with Gasteiger partial charge in [0, 0.05) is 0 Å². The van der Waals surface area contributed by atoms with Crippen molar-refractivity contribution in [3.05, 3.63) is 17.0 Å². The predicted octanol–water partition coefficient (Wildman–Crippen LogP) is 5.13. The van der Waals surface area contributed by atoms with Crippen LogP contribution < -0.4 is 5.73 Å². The lowest BCUT2D eigenvalue weighted by molar-refractivity contribution is 0.576. The van der Waals surface area contributed by atoms with Gasteiger partial charge in [0.15, 0.2) is 0 Å². The molecule has 0 aliphatic rings. The van der Waals surface area contributed by atoms with Crippen LogP contribution in [-0.4, -0.2) is 0 Å². The molecule has 0 bridgehead atoms. The van der Waals surface area contributed by atoms with Crippen LogP contribution in [0.2, 0.25) is 0 Å². The van der Waals surface area contributed by atoms with Gasteiger partial charge in [-0.25, -0.2) is 0 Å². The SMILES string of the molecule is CCCCCCCCCCc1ccsc1[N]. The minimum atomic E-state index is 0.517. The molecule has 0 unspecified atom stereocenters. The van der Waals surface area contributed by atoms with E-state index >= 15 is 0 Å². The van der Waals surface area contributed by atoms with Crippen molar-refractivity contribution in [3.63, 3.8) is 0 Å². The van der Waals surface area contributed by atoms with Crippen LogP contribution in [0.15, 0.2) is 11.4 Å². The number of thiophene rings is 1. The second kappa shape index (κ2) is 8.63. The van der Waals surface area contributed by atoms with E-state index in [4.69, 9.17) is 0 Å². The Kier molecular flexibility index (Phi) is 7.32. The number of unbranched alkanes of at least 4 members (excludes halogenated alkanes) is 7. The maximum absolute atomic E-state index is 9.47. The quantitative estimate of drug-likeness (QED) is 0.531. The molecule has 90 valence electrons. The molecule has 0 aromatic carbocycles. The first-order valence-corrected chi connectivity index (χ1v) is 7.48. The predicted molar refractivity (Wildman–Crippen MR) is 72.4 cm³/mol. The number of hydrogen-bond donors (Lipinski definition) is 0. The Morgan fingerprint density at radius 3 is 2.19 bits per heavy atom. The van der Waals surface area contributed by atoms with Crippen LogP contribution in [0.5, 0.6) is 0 Å². The maximum atomic E-state index is 9.47. The lowest BCUT2D eigenvalue weighted by atomic mass is 10.1. The molecule has 1 rings (SSSR count). The van der Waals surface area contributed by atoms with E-state index in [-0.39, 0.29) is 0 Å². The Morgan fingerprint density at radius 1 is 1.00 bits per heavy atom. The molecule has 1 heterocycles. The topological polar surface area (TPSA) is 22.3 Å². The van der Waals surface area contributed by atoms with E-state index in [9.17, 15) is 5.73 Å². The van der Waals surface area contributed by atoms with E-state index in [2.05, 4.69) is 6.92 Å². The van der Waals surface area contributed by atoms with Gasteiger partial charge in [-0.1, -0.05) is 51.9 Å². The summed E-state index contributed by atoms with van der Waals surface area (Å²) in [5, 5.41) is 2.48. The van der Waals surface area contributed by atoms with Crippen molar-refractivity contribution >= 4 is 16.3 Å². The minimum absolute atomic E-state index is 0.517. The Labute approximate surface area is 104 Å². The lowest BCUT2D eigenvalue weighted by Gasteiger charge is -2.01. The minimum Gasteiger partial charge on any atom is -0.138 e. The molecule has 0 N–H and O–H groups in total. The van der Waals surface area contributed by atoms with E-state index in [1.54, 1.807) is 0 Å². The molecule has 0 saturated carbocycles. The Hall–Kier alpha value is -0.500. The molecule has 0 aliphatic heterocycles. The van der Waals surface area contributed by atoms with Crippen molar-refractivity contribution in [3.8, 4) is 0 Å². The molecule has 0 aliphatic carbocycles. The summed E-state index contributed by atoms with van der Waals surface area (Å²) in [5.74, 6) is 0. The summed E-state index contributed by atoms with van der Waals surface area (Å²) >= 11 is 1.44. The van der Waals surface area contributed by atoms with Gasteiger partial charge < -0.3 is 0 Å². The smallest absolute Gasteiger partial charge is 0.138 e. The van der Waals surface area contributed by atoms with Gasteiger partial charge in [-0.15, -0.1) is 17.1 Å². The largest absolute Gasteiger partial charge is 0.142 e. The van der Waals surface area contributed by atoms with Crippen LogP contribution in [0.1, 0.15) is 63.9 Å². The third-order valence-corrected chi connectivity index (χ3v) is 3.78. The summed E-state index contributed by atoms with van der Waals surface area (Å²) < 4.78 is 0. The summed E-state index contributed by atoms with van der Waals surface area (Å²) in [5.41, 5.74) is 10.6. The van der Waals surface area contributed by atoms with Crippen molar-refractivity contribution in [1.29, 1.82) is 0 Å². The summed E-state index contributed by atoms with van der Waals surface area (Å²) in [4.78, 5) is 0. The second-order valence-corrected chi connectivity index (χ2v) is 5.37. The molecule has 0 amide bonds. The summed E-state index contributed by atoms with van der Waals surface area (Å²) in [6, 6.07) is 2.04. The van der Waals surface area contributed by atoms with Gasteiger partial charge in [0.25, 0.3) is 0 Å². The molecular weight excluding hydrogens is 214 g/mol. The Morgan fingerprint density at radius 2 is 1.62 bits per heavy atom. The number of hydrogen-bond acceptors (Lipinski definition) is 1. The van der Waals surface area contributed by atoms with Gasteiger partial charge in [0.2, 0.25) is 0 Å². The Balaban J connectivity index is 1.91. The maximum Gasteiger partial charge on any atom is 0.142 e. The van der Waals surface area contributed by atoms with Crippen LogP contribution in [0.4, 0.5) is 5.00 Å². The molecule has 1 aromatic rings. The summed E-state index contributed by atoms with van der Waals surface area (Å²) in [6.45, 7) is 2.26. The third kappa shape index (κ3) is 5.55. The highest BCUT2D eigenvalue weighted by Crippen LogP contribution is 2.22. The van der Waals surface area contributed by atoms with Crippen molar-refractivity contribution in [2.45, 2.75) is 64.7 Å². The highest BCUT2D eigenvalue weighted by Gasteiger charge is 2.01. The fourth-order valence-corrected chi connectivity index (χ4v) is 2.65. The van der Waals surface area contributed by atoms with Crippen LogP contribution in [0.25, 0.3) is 0 Å². The molecule has 0 atom stereocenters. The molecular formula is C14H23NS. The molecule has 2 heteroatoms. The number of nitrogens with zero attached hydrogens (tertiary/aromatic N) is 1. The molecule has 1 aromatic heterocycles. The fourth-order valence-electron chi connectivity index (χ4n) is 1.97. The van der Waals surface area contributed by atoms with Crippen molar-refractivity contribution < 1.29 is 0 Å². The highest BCUT2D eigenvalue weighted by molar-refractivity contribution is 7.13. The second-order valence-electron chi connectivity index (χ2n) is 4.48. The van der Waals surface area contributed by atoms with Crippen LogP contribution in [0, 0.1) is 0 Å². The number of aryl methyl sites for hydroxylation is 1. The molecule has 0 spiro atoms. The summed E-state index contributed by atoms with van der Waals surface area (Å²) in [6.07, 6.45) is 11.8. The Bertz CT molecular complexity index is 267. The van der Waals surface area contributed by atoms with E-state index in [0.717, 1.165) is 12.0 Å². The van der Waals surface area contributed by atoms with Crippen LogP contribution in [-0.2, 0) is 6.42 Å². The zero-order chi connectivity index (χ0) is 11.6. The standard InChI is InChI=1S/C14H23NS/c1-2-3-4-5-6-7-8-9-10-13-11-12-16-14(13)15/h11-12H,2-10H2,1H3. The average Bonchev–Trinajstić information content (AvgIpc) is 2.68. The molecule has 1 nitrogen and oxygen atoms in total. The van der Waals surface area contributed by atoms with Gasteiger partial charge >= 0.3 is 0 Å². The zero-order valence-electron chi connectivity index (χ0n) is 10.4. The lowest BCUT2D eigenvalue weighted by Crippen LogP contribution is -1.85. The van der Waals surface area contributed by atoms with Gasteiger partial charge in [0.05, 0.1) is 0 Å². The van der Waals surface area contributed by atoms with Gasteiger partial charge in [0.1, 0.15) is 5.00 Å². The molecule has 2 radical (unpaired) electrons. The monoisotopic (exact) mass is 237 g/mol. The van der Waals surface area contributed by atoms with Crippen LogP contribution >= 0.6 is 11.3 Å². The molecule has 0 fully saturated rings. The highest BCUT2D eigenvalue weighted by atomic mass is 32.1. The third-order valence-electron chi connectivity index (χ3n) is 3.02. The molecule has 16 heavy (non-hydrogen) atoms. The van der Waals surface area contributed by atoms with E-state index in [1.165, 1.54) is 62.7 Å². The zero-order valence-corrected chi connectivity index (χ0v) is 11.2. The van der Waals surface area contributed by atoms with Gasteiger partial charge in [-0.05, 0) is 29.9 Å². The van der Waals surface area contributed by atoms with E-state index in [0.29, 0.717) is 5.00 Å². The first-order valence-electron chi connectivity index (χ1n) is 6.60. The fraction of sp³-hybridized carbons (Fsp3) is 0.714. The van der Waals surface area contributed by atoms with Gasteiger partial charge in [-0.3, -0.25) is 0 Å². The van der Waals surface area contributed by atoms with E-state index < -0.39 is 0 Å². The first kappa shape index (κ1) is 13.6. The average molecular weight is 237 g/mol. The van der Waals surface area contributed by atoms with Crippen molar-refractivity contribution in [2.75, 3.05) is 0 Å². The summed E-state index contributed by atoms with van der Waals surface area (Å²) in [7, 11) is 0.